The number of nitrogens with zero attached hydrogens (tertiary/aromatic N) is 1. The van der Waals surface area contributed by atoms with Crippen LogP contribution in [0.25, 0.3) is 0 Å². The molecule has 0 fully saturated rings. The van der Waals surface area contributed by atoms with Crippen LogP contribution < -0.4 is 0 Å². The van der Waals surface area contributed by atoms with Gasteiger partial charge in [-0.15, -0.1) is 11.3 Å². The zero-order chi connectivity index (χ0) is 10.6. The fraction of sp³-hybridized carbons (Fsp3) is 0.556. The predicted molar refractivity (Wildman–Crippen MR) is 54.0 cm³/mol. The van der Waals surface area contributed by atoms with Crippen molar-refractivity contribution in [2.75, 3.05) is 13.7 Å². The Morgan fingerprint density at radius 3 is 2.79 bits per heavy atom. The van der Waals surface area contributed by atoms with Crippen LogP contribution in [0.3, 0.4) is 0 Å². The summed E-state index contributed by atoms with van der Waals surface area (Å²) in [6.45, 7) is 2.51. The number of rotatable bonds is 5. The molecule has 1 aromatic rings. The Bertz CT molecular complexity index is 322. The highest BCUT2D eigenvalue weighted by Crippen LogP contribution is 2.19. The largest absolute Gasteiger partial charge is 0.476 e. The molecule has 0 aliphatic carbocycles. The monoisotopic (exact) mass is 215 g/mol. The molecule has 0 aliphatic heterocycles. The highest BCUT2D eigenvalue weighted by molar-refractivity contribution is 7.11. The molecule has 0 atom stereocenters. The van der Waals surface area contributed by atoms with Gasteiger partial charge in [-0.2, -0.15) is 0 Å². The Labute approximate surface area is 86.6 Å². The van der Waals surface area contributed by atoms with E-state index in [-0.39, 0.29) is 5.69 Å². The topological polar surface area (TPSA) is 59.4 Å². The molecular formula is C9H13NO3S. The summed E-state index contributed by atoms with van der Waals surface area (Å²) in [4.78, 5) is 15.7. The van der Waals surface area contributed by atoms with Crippen LogP contribution in [-0.2, 0) is 17.6 Å². The number of aromatic carboxylic acids is 1. The molecule has 0 saturated heterocycles. The molecule has 4 nitrogen and oxygen atoms in total. The second-order valence-corrected chi connectivity index (χ2v) is 3.95. The van der Waals surface area contributed by atoms with Gasteiger partial charge in [0.2, 0.25) is 0 Å². The molecule has 0 spiro atoms. The third-order valence-electron chi connectivity index (χ3n) is 1.79. The Kier molecular flexibility index (Phi) is 4.03. The van der Waals surface area contributed by atoms with E-state index in [1.807, 2.05) is 6.92 Å². The number of aryl methyl sites for hydroxylation is 1. The lowest BCUT2D eigenvalue weighted by atomic mass is 10.3. The maximum atomic E-state index is 10.8. The molecule has 1 rings (SSSR count). The zero-order valence-electron chi connectivity index (χ0n) is 8.24. The summed E-state index contributed by atoms with van der Waals surface area (Å²) in [7, 11) is 1.62. The van der Waals surface area contributed by atoms with Crippen LogP contribution in [0.5, 0.6) is 0 Å². The van der Waals surface area contributed by atoms with Gasteiger partial charge in [-0.1, -0.05) is 6.92 Å². The fourth-order valence-electron chi connectivity index (χ4n) is 1.10. The standard InChI is InChI=1S/C9H13NO3S/c1-3-6-8(9(11)12)10-7(14-6)4-5-13-2/h3-5H2,1-2H3,(H,11,12). The molecule has 1 N–H and O–H groups in total. The normalized spacial score (nSPS) is 10.4. The second-order valence-electron chi connectivity index (χ2n) is 2.78. The quantitative estimate of drug-likeness (QED) is 0.810. The molecular weight excluding hydrogens is 202 g/mol. The van der Waals surface area contributed by atoms with Crippen LogP contribution in [-0.4, -0.2) is 29.8 Å². The van der Waals surface area contributed by atoms with Crippen molar-refractivity contribution in [2.24, 2.45) is 0 Å². The highest BCUT2D eigenvalue weighted by Gasteiger charge is 2.15. The number of thiazole rings is 1. The minimum absolute atomic E-state index is 0.198. The SMILES string of the molecule is CCc1sc(CCOC)nc1C(=O)O. The molecule has 0 radical (unpaired) electrons. The van der Waals surface area contributed by atoms with Gasteiger partial charge in [0, 0.05) is 18.4 Å². The van der Waals surface area contributed by atoms with Crippen LogP contribution in [0, 0.1) is 0 Å². The van der Waals surface area contributed by atoms with Gasteiger partial charge < -0.3 is 9.84 Å². The van der Waals surface area contributed by atoms with E-state index in [0.717, 1.165) is 9.88 Å². The Hall–Kier alpha value is -0.940. The average molecular weight is 215 g/mol. The molecule has 0 unspecified atom stereocenters. The van der Waals surface area contributed by atoms with Gasteiger partial charge in [0.15, 0.2) is 5.69 Å². The van der Waals surface area contributed by atoms with E-state index in [1.54, 1.807) is 7.11 Å². The summed E-state index contributed by atoms with van der Waals surface area (Å²) in [5.74, 6) is -0.943. The number of methoxy groups -OCH3 is 1. The van der Waals surface area contributed by atoms with Crippen LogP contribution in [0.4, 0.5) is 0 Å². The van der Waals surface area contributed by atoms with Crippen molar-refractivity contribution < 1.29 is 14.6 Å². The van der Waals surface area contributed by atoms with Crippen LogP contribution in [0.15, 0.2) is 0 Å². The van der Waals surface area contributed by atoms with Crippen molar-refractivity contribution in [1.29, 1.82) is 0 Å². The molecule has 14 heavy (non-hydrogen) atoms. The van der Waals surface area contributed by atoms with E-state index >= 15 is 0 Å². The first-order valence-corrected chi connectivity index (χ1v) is 5.21. The number of carboxylic acid groups (broad SMARTS) is 1. The smallest absolute Gasteiger partial charge is 0.355 e. The lowest BCUT2D eigenvalue weighted by Crippen LogP contribution is -2.01. The fourth-order valence-corrected chi connectivity index (χ4v) is 2.08. The van der Waals surface area contributed by atoms with Gasteiger partial charge in [-0.05, 0) is 6.42 Å². The Balaban J connectivity index is 2.83. The van der Waals surface area contributed by atoms with Crippen molar-refractivity contribution in [3.05, 3.63) is 15.6 Å². The van der Waals surface area contributed by atoms with E-state index in [2.05, 4.69) is 4.98 Å². The minimum Gasteiger partial charge on any atom is -0.476 e. The molecule has 0 amide bonds. The Morgan fingerprint density at radius 2 is 2.36 bits per heavy atom. The second kappa shape index (κ2) is 5.07. The number of hydrogen-bond donors (Lipinski definition) is 1. The van der Waals surface area contributed by atoms with Gasteiger partial charge in [-0.25, -0.2) is 9.78 Å². The van der Waals surface area contributed by atoms with Crippen LogP contribution in [0.1, 0.15) is 27.3 Å². The first-order valence-electron chi connectivity index (χ1n) is 4.39. The van der Waals surface area contributed by atoms with Gasteiger partial charge in [0.25, 0.3) is 0 Å². The van der Waals surface area contributed by atoms with Crippen molar-refractivity contribution in [1.82, 2.24) is 4.98 Å². The lowest BCUT2D eigenvalue weighted by molar-refractivity contribution is 0.0690. The molecule has 1 aromatic heterocycles. The van der Waals surface area contributed by atoms with Crippen molar-refractivity contribution >= 4 is 17.3 Å². The summed E-state index contributed by atoms with van der Waals surface area (Å²) >= 11 is 1.46. The summed E-state index contributed by atoms with van der Waals surface area (Å²) in [6.07, 6.45) is 1.40. The number of carboxylic acids is 1. The van der Waals surface area contributed by atoms with Crippen molar-refractivity contribution in [3.8, 4) is 0 Å². The number of aromatic nitrogens is 1. The average Bonchev–Trinajstić information content (AvgIpc) is 2.57. The van der Waals surface area contributed by atoms with E-state index in [0.29, 0.717) is 19.4 Å². The molecule has 1 heterocycles. The van der Waals surface area contributed by atoms with Crippen LogP contribution >= 0.6 is 11.3 Å². The van der Waals surface area contributed by atoms with E-state index in [9.17, 15) is 4.79 Å². The first-order chi connectivity index (χ1) is 6.69. The molecule has 0 saturated carbocycles. The Morgan fingerprint density at radius 1 is 1.64 bits per heavy atom. The van der Waals surface area contributed by atoms with Crippen molar-refractivity contribution in [3.63, 3.8) is 0 Å². The third kappa shape index (κ3) is 2.52. The molecule has 0 aromatic carbocycles. The number of ether oxygens (including phenoxy) is 1. The maximum Gasteiger partial charge on any atom is 0.355 e. The predicted octanol–water partition coefficient (Wildman–Crippen LogP) is 1.59. The van der Waals surface area contributed by atoms with Crippen LogP contribution in [0.2, 0.25) is 0 Å². The number of hydrogen-bond acceptors (Lipinski definition) is 4. The number of carbonyl (C=O) groups is 1. The van der Waals surface area contributed by atoms with E-state index in [4.69, 9.17) is 9.84 Å². The highest BCUT2D eigenvalue weighted by atomic mass is 32.1. The lowest BCUT2D eigenvalue weighted by Gasteiger charge is -1.92. The molecule has 0 bridgehead atoms. The van der Waals surface area contributed by atoms with E-state index in [1.165, 1.54) is 11.3 Å². The summed E-state index contributed by atoms with van der Waals surface area (Å²) in [5, 5.41) is 9.68. The summed E-state index contributed by atoms with van der Waals surface area (Å²) in [6, 6.07) is 0. The van der Waals surface area contributed by atoms with Gasteiger partial charge in [0.05, 0.1) is 11.6 Å². The van der Waals surface area contributed by atoms with Gasteiger partial charge in [-0.3, -0.25) is 0 Å². The maximum absolute atomic E-state index is 10.8. The molecule has 0 aliphatic rings. The van der Waals surface area contributed by atoms with E-state index < -0.39 is 5.97 Å². The van der Waals surface area contributed by atoms with Gasteiger partial charge in [0.1, 0.15) is 0 Å². The molecule has 78 valence electrons. The first kappa shape index (κ1) is 11.1. The summed E-state index contributed by atoms with van der Waals surface area (Å²) in [5.41, 5.74) is 0.198. The van der Waals surface area contributed by atoms with Gasteiger partial charge >= 0.3 is 5.97 Å². The van der Waals surface area contributed by atoms with Crippen molar-refractivity contribution in [2.45, 2.75) is 19.8 Å². The third-order valence-corrected chi connectivity index (χ3v) is 3.04. The zero-order valence-corrected chi connectivity index (χ0v) is 9.06. The minimum atomic E-state index is -0.943. The summed E-state index contributed by atoms with van der Waals surface area (Å²) < 4.78 is 4.91. The molecule has 5 heteroatoms.